The lowest BCUT2D eigenvalue weighted by molar-refractivity contribution is -0.115. The number of ether oxygens (including phenoxy) is 3. The molecule has 27 heavy (non-hydrogen) atoms. The predicted octanol–water partition coefficient (Wildman–Crippen LogP) is 3.89. The lowest BCUT2D eigenvalue weighted by Crippen LogP contribution is -2.15. The highest BCUT2D eigenvalue weighted by Gasteiger charge is 2.13. The molecule has 0 spiro atoms. The predicted molar refractivity (Wildman–Crippen MR) is 105 cm³/mol. The average molecular weight is 385 g/mol. The lowest BCUT2D eigenvalue weighted by Gasteiger charge is -2.11. The van der Waals surface area contributed by atoms with Crippen LogP contribution in [0.1, 0.15) is 15.2 Å². The van der Waals surface area contributed by atoms with E-state index in [-0.39, 0.29) is 18.3 Å². The van der Waals surface area contributed by atoms with Gasteiger partial charge in [-0.15, -0.1) is 11.3 Å². The summed E-state index contributed by atoms with van der Waals surface area (Å²) in [4.78, 5) is 24.6. The fraction of sp³-hybridized carbons (Fsp3) is 0.200. The Labute approximate surface area is 160 Å². The Morgan fingerprint density at radius 3 is 2.52 bits per heavy atom. The monoisotopic (exact) mass is 385 g/mol. The van der Waals surface area contributed by atoms with Crippen molar-refractivity contribution < 1.29 is 23.8 Å². The van der Waals surface area contributed by atoms with Crippen molar-refractivity contribution in [3.63, 3.8) is 0 Å². The van der Waals surface area contributed by atoms with Gasteiger partial charge in [-0.25, -0.2) is 4.79 Å². The normalized spacial score (nSPS) is 10.5. The van der Waals surface area contributed by atoms with Crippen LogP contribution < -0.4 is 14.8 Å². The molecular weight excluding hydrogens is 366 g/mol. The molecule has 0 aliphatic carbocycles. The third kappa shape index (κ3) is 4.20. The Balaban J connectivity index is 1.77. The molecule has 0 saturated carbocycles. The van der Waals surface area contributed by atoms with Crippen molar-refractivity contribution in [2.45, 2.75) is 6.42 Å². The van der Waals surface area contributed by atoms with Crippen LogP contribution in [0.2, 0.25) is 0 Å². The maximum absolute atomic E-state index is 12.5. The molecule has 0 aliphatic heterocycles. The zero-order valence-electron chi connectivity index (χ0n) is 15.2. The van der Waals surface area contributed by atoms with Gasteiger partial charge in [0.15, 0.2) is 0 Å². The van der Waals surface area contributed by atoms with E-state index >= 15 is 0 Å². The quantitative estimate of drug-likeness (QED) is 0.652. The second-order valence-corrected chi connectivity index (χ2v) is 6.84. The highest BCUT2D eigenvalue weighted by atomic mass is 32.1. The number of thiophene rings is 1. The maximum Gasteiger partial charge on any atom is 0.348 e. The van der Waals surface area contributed by atoms with Crippen molar-refractivity contribution in [2.24, 2.45) is 0 Å². The molecule has 3 aromatic rings. The Morgan fingerprint density at radius 2 is 1.81 bits per heavy atom. The van der Waals surface area contributed by atoms with Crippen LogP contribution in [0, 0.1) is 0 Å². The smallest absolute Gasteiger partial charge is 0.348 e. The summed E-state index contributed by atoms with van der Waals surface area (Å²) < 4.78 is 16.2. The van der Waals surface area contributed by atoms with E-state index in [1.54, 1.807) is 44.6 Å². The fourth-order valence-electron chi connectivity index (χ4n) is 2.72. The molecule has 0 bridgehead atoms. The Bertz CT molecular complexity index is 995. The summed E-state index contributed by atoms with van der Waals surface area (Å²) in [7, 11) is 4.49. The summed E-state index contributed by atoms with van der Waals surface area (Å²) >= 11 is 1.35. The van der Waals surface area contributed by atoms with Crippen LogP contribution in [0.15, 0.2) is 42.5 Å². The van der Waals surface area contributed by atoms with Gasteiger partial charge in [0, 0.05) is 16.0 Å². The molecule has 1 heterocycles. The van der Waals surface area contributed by atoms with Crippen molar-refractivity contribution in [2.75, 3.05) is 26.6 Å². The molecule has 1 aromatic heterocycles. The molecule has 0 unspecified atom stereocenters. The number of amides is 1. The van der Waals surface area contributed by atoms with Gasteiger partial charge in [-0.05, 0) is 47.9 Å². The largest absolute Gasteiger partial charge is 0.497 e. The summed E-state index contributed by atoms with van der Waals surface area (Å²) in [6, 6.07) is 12.6. The minimum atomic E-state index is -0.369. The first-order chi connectivity index (χ1) is 13.0. The Hall–Kier alpha value is -3.06. The summed E-state index contributed by atoms with van der Waals surface area (Å²) in [6.45, 7) is 0. The third-order valence-corrected chi connectivity index (χ3v) is 5.12. The minimum Gasteiger partial charge on any atom is -0.497 e. The van der Waals surface area contributed by atoms with E-state index in [4.69, 9.17) is 14.2 Å². The van der Waals surface area contributed by atoms with E-state index in [2.05, 4.69) is 5.32 Å². The second-order valence-electron chi connectivity index (χ2n) is 5.76. The van der Waals surface area contributed by atoms with Crippen LogP contribution in [0.5, 0.6) is 11.5 Å². The molecule has 0 radical (unpaired) electrons. The molecule has 0 atom stereocenters. The van der Waals surface area contributed by atoms with E-state index in [0.29, 0.717) is 22.1 Å². The van der Waals surface area contributed by atoms with Gasteiger partial charge < -0.3 is 19.5 Å². The topological polar surface area (TPSA) is 73.9 Å². The fourth-order valence-corrected chi connectivity index (χ4v) is 3.68. The molecule has 0 saturated heterocycles. The van der Waals surface area contributed by atoms with Crippen molar-refractivity contribution in [1.82, 2.24) is 0 Å². The first kappa shape index (κ1) is 18.7. The molecule has 7 heteroatoms. The summed E-state index contributed by atoms with van der Waals surface area (Å²) in [5, 5.41) is 3.75. The first-order valence-electron chi connectivity index (χ1n) is 8.16. The first-order valence-corrected chi connectivity index (χ1v) is 8.98. The minimum absolute atomic E-state index is 0.148. The van der Waals surface area contributed by atoms with Gasteiger partial charge in [-0.3, -0.25) is 4.79 Å². The Kier molecular flexibility index (Phi) is 5.61. The van der Waals surface area contributed by atoms with E-state index in [1.165, 1.54) is 18.4 Å². The van der Waals surface area contributed by atoms with E-state index in [1.807, 2.05) is 12.1 Å². The molecule has 1 amide bonds. The molecule has 6 nitrogen and oxygen atoms in total. The zero-order chi connectivity index (χ0) is 19.4. The van der Waals surface area contributed by atoms with Gasteiger partial charge in [-0.2, -0.15) is 0 Å². The third-order valence-electron chi connectivity index (χ3n) is 4.03. The highest BCUT2D eigenvalue weighted by Crippen LogP contribution is 2.29. The van der Waals surface area contributed by atoms with Crippen molar-refractivity contribution in [3.05, 3.63) is 52.9 Å². The van der Waals surface area contributed by atoms with Gasteiger partial charge in [-0.1, -0.05) is 0 Å². The van der Waals surface area contributed by atoms with E-state index < -0.39 is 0 Å². The standard InChI is InChI=1S/C20H19NO5S/c1-24-15-5-6-16(25-2)12(9-15)11-19(22)21-14-4-7-17-13(8-14)10-18(27-17)20(23)26-3/h4-10H,11H2,1-3H3,(H,21,22). The van der Waals surface area contributed by atoms with Crippen LogP contribution in [0.4, 0.5) is 5.69 Å². The van der Waals surface area contributed by atoms with Crippen LogP contribution in [-0.4, -0.2) is 33.2 Å². The number of esters is 1. The summed E-state index contributed by atoms with van der Waals surface area (Å²) in [6.07, 6.45) is 0.148. The Morgan fingerprint density at radius 1 is 1.00 bits per heavy atom. The highest BCUT2D eigenvalue weighted by molar-refractivity contribution is 7.20. The number of hydrogen-bond acceptors (Lipinski definition) is 6. The van der Waals surface area contributed by atoms with Crippen LogP contribution in [-0.2, 0) is 16.0 Å². The number of benzene rings is 2. The molecule has 0 aliphatic rings. The number of carbonyl (C=O) groups is 2. The SMILES string of the molecule is COC(=O)c1cc2cc(NC(=O)Cc3cc(OC)ccc3OC)ccc2s1. The zero-order valence-corrected chi connectivity index (χ0v) is 16.0. The maximum atomic E-state index is 12.5. The average Bonchev–Trinajstić information content (AvgIpc) is 3.10. The number of nitrogens with one attached hydrogen (secondary N) is 1. The molecule has 0 fully saturated rings. The summed E-state index contributed by atoms with van der Waals surface area (Å²) in [5.74, 6) is 0.742. The number of anilines is 1. The van der Waals surface area contributed by atoms with Crippen LogP contribution >= 0.6 is 11.3 Å². The van der Waals surface area contributed by atoms with Gasteiger partial charge in [0.25, 0.3) is 0 Å². The van der Waals surface area contributed by atoms with Crippen molar-refractivity contribution >= 4 is 39.0 Å². The van der Waals surface area contributed by atoms with Gasteiger partial charge in [0.2, 0.25) is 5.91 Å². The van der Waals surface area contributed by atoms with Gasteiger partial charge in [0.1, 0.15) is 16.4 Å². The summed E-state index contributed by atoms with van der Waals surface area (Å²) in [5.41, 5.74) is 1.39. The molecule has 140 valence electrons. The number of fused-ring (bicyclic) bond motifs is 1. The number of carbonyl (C=O) groups excluding carboxylic acids is 2. The number of methoxy groups -OCH3 is 3. The number of hydrogen-bond donors (Lipinski definition) is 1. The van der Waals surface area contributed by atoms with E-state index in [9.17, 15) is 9.59 Å². The van der Waals surface area contributed by atoms with Crippen molar-refractivity contribution in [3.8, 4) is 11.5 Å². The van der Waals surface area contributed by atoms with Crippen molar-refractivity contribution in [1.29, 1.82) is 0 Å². The molecular formula is C20H19NO5S. The van der Waals surface area contributed by atoms with Gasteiger partial charge >= 0.3 is 5.97 Å². The van der Waals surface area contributed by atoms with Crippen LogP contribution in [0.3, 0.4) is 0 Å². The number of rotatable bonds is 6. The molecule has 3 rings (SSSR count). The van der Waals surface area contributed by atoms with Crippen LogP contribution in [0.25, 0.3) is 10.1 Å². The van der Waals surface area contributed by atoms with E-state index in [0.717, 1.165) is 15.6 Å². The lowest BCUT2D eigenvalue weighted by atomic mass is 10.1. The molecule has 1 N–H and O–H groups in total. The second kappa shape index (κ2) is 8.09. The molecule has 2 aromatic carbocycles. The van der Waals surface area contributed by atoms with Gasteiger partial charge in [0.05, 0.1) is 27.8 Å².